The first-order valence-corrected chi connectivity index (χ1v) is 11.3. The predicted octanol–water partition coefficient (Wildman–Crippen LogP) is 0.212. The molecule has 0 radical (unpaired) electrons. The summed E-state index contributed by atoms with van der Waals surface area (Å²) < 4.78 is 24.3. The molecule has 31 heavy (non-hydrogen) atoms. The zero-order valence-electron chi connectivity index (χ0n) is 16.6. The molecular weight excluding hydrogens is 417 g/mol. The number of hydrogen-bond acceptors (Lipinski definition) is 7. The maximum absolute atomic E-state index is 13.1. The molecule has 2 aromatic carbocycles. The van der Waals surface area contributed by atoms with Gasteiger partial charge in [-0.15, -0.1) is 0 Å². The highest BCUT2D eigenvalue weighted by Gasteiger charge is 2.37. The summed E-state index contributed by atoms with van der Waals surface area (Å²) >= 11 is 0. The van der Waals surface area contributed by atoms with Gasteiger partial charge in [-0.3, -0.25) is 9.78 Å². The van der Waals surface area contributed by atoms with E-state index in [0.29, 0.717) is 26.6 Å². The van der Waals surface area contributed by atoms with Crippen molar-refractivity contribution in [3.05, 3.63) is 66.0 Å². The first kappa shape index (κ1) is 21.0. The van der Waals surface area contributed by atoms with Gasteiger partial charge < -0.3 is 16.1 Å². The summed E-state index contributed by atoms with van der Waals surface area (Å²) in [5.41, 5.74) is 7.91. The number of hydrogen-bond donors (Lipinski definition) is 3. The number of rotatable bonds is 5. The van der Waals surface area contributed by atoms with Crippen molar-refractivity contribution < 1.29 is 18.2 Å². The Morgan fingerprint density at radius 3 is 2.81 bits per heavy atom. The third-order valence-corrected chi connectivity index (χ3v) is 6.11. The lowest BCUT2D eigenvalue weighted by Gasteiger charge is -2.27. The Balaban J connectivity index is 1.65. The summed E-state index contributed by atoms with van der Waals surface area (Å²) in [5, 5.41) is 19.1. The lowest BCUT2D eigenvalue weighted by atomic mass is 9.69. The zero-order valence-corrected chi connectivity index (χ0v) is 17.5. The second-order valence-electron chi connectivity index (χ2n) is 7.22. The Morgan fingerprint density at radius 1 is 1.26 bits per heavy atom. The highest BCUT2D eigenvalue weighted by molar-refractivity contribution is 7.89. The van der Waals surface area contributed by atoms with Gasteiger partial charge in [0.2, 0.25) is 15.9 Å². The predicted molar refractivity (Wildman–Crippen MR) is 120 cm³/mol. The molecule has 1 unspecified atom stereocenters. The van der Waals surface area contributed by atoms with E-state index >= 15 is 0 Å². The number of carbonyl (C=O) groups excluding carboxylic acids is 1. The monoisotopic (exact) mass is 437 g/mol. The van der Waals surface area contributed by atoms with E-state index in [2.05, 4.69) is 15.4 Å². The zero-order chi connectivity index (χ0) is 22.2. The van der Waals surface area contributed by atoms with Crippen molar-refractivity contribution in [3.63, 3.8) is 0 Å². The third kappa shape index (κ3) is 4.02. The summed E-state index contributed by atoms with van der Waals surface area (Å²) in [6.07, 6.45) is 5.71. The van der Waals surface area contributed by atoms with Crippen LogP contribution in [0.3, 0.4) is 0 Å². The molecule has 0 saturated heterocycles. The van der Waals surface area contributed by atoms with Crippen LogP contribution in [0.2, 0.25) is 0 Å². The number of carbonyl (C=O) groups is 1. The van der Waals surface area contributed by atoms with Gasteiger partial charge in [0.25, 0.3) is 0 Å². The van der Waals surface area contributed by atoms with Gasteiger partial charge in [0, 0.05) is 30.0 Å². The van der Waals surface area contributed by atoms with Crippen LogP contribution in [-0.2, 0) is 14.8 Å². The van der Waals surface area contributed by atoms with Crippen LogP contribution >= 0.6 is 0 Å². The molecule has 1 aliphatic rings. The van der Waals surface area contributed by atoms with Gasteiger partial charge in [0.05, 0.1) is 18.4 Å². The number of pyridine rings is 1. The average molecular weight is 437 g/mol. The number of nitrogens with one attached hydrogen (secondary N) is 1. The van der Waals surface area contributed by atoms with E-state index in [1.54, 1.807) is 36.7 Å². The van der Waals surface area contributed by atoms with E-state index in [4.69, 9.17) is 5.73 Å². The van der Waals surface area contributed by atoms with E-state index in [9.17, 15) is 18.2 Å². The number of nitrogens with two attached hydrogens (primary N) is 1. The van der Waals surface area contributed by atoms with Gasteiger partial charge in [0.1, 0.15) is 0 Å². The molecule has 0 spiro atoms. The average Bonchev–Trinajstić information content (AvgIpc) is 2.74. The molecule has 4 rings (SSSR count). The van der Waals surface area contributed by atoms with Crippen LogP contribution in [-0.4, -0.2) is 54.7 Å². The summed E-state index contributed by atoms with van der Waals surface area (Å²) in [6.45, 7) is 0.0134. The Labute approximate surface area is 179 Å². The highest BCUT2D eigenvalue weighted by Crippen LogP contribution is 2.24. The van der Waals surface area contributed by atoms with Crippen molar-refractivity contribution in [1.82, 2.24) is 9.31 Å². The van der Waals surface area contributed by atoms with Crippen LogP contribution in [0.5, 0.6) is 0 Å². The smallest absolute Gasteiger partial charge is 0.427 e. The van der Waals surface area contributed by atoms with Crippen LogP contribution in [0.1, 0.15) is 17.0 Å². The van der Waals surface area contributed by atoms with Crippen molar-refractivity contribution in [2.24, 2.45) is 10.8 Å². The first-order valence-electron chi connectivity index (χ1n) is 9.48. The molecule has 1 aliphatic heterocycles. The molecule has 4 N–H and O–H groups in total. The molecule has 1 atom stereocenters. The van der Waals surface area contributed by atoms with Crippen molar-refractivity contribution in [3.8, 4) is 0 Å². The molecule has 0 aliphatic carbocycles. The Hall–Kier alpha value is -3.28. The van der Waals surface area contributed by atoms with Crippen LogP contribution in [0.25, 0.3) is 10.8 Å². The number of anilines is 1. The summed E-state index contributed by atoms with van der Waals surface area (Å²) in [6, 6.07) is 12.3. The SMILES string of the molecule is CS(=O)(=O)N1N=Cc2c(cccc2C(CN)C(=O)Nc2ccc3cnccc3c2)B1O. The molecular formula is C20H20BN5O4S. The van der Waals surface area contributed by atoms with E-state index < -0.39 is 23.0 Å². The van der Waals surface area contributed by atoms with Crippen molar-refractivity contribution in [2.45, 2.75) is 5.92 Å². The molecule has 0 saturated carbocycles. The maximum atomic E-state index is 13.1. The Morgan fingerprint density at radius 2 is 2.06 bits per heavy atom. The summed E-state index contributed by atoms with van der Waals surface area (Å²) in [5.74, 6) is -1.05. The van der Waals surface area contributed by atoms with Crippen molar-refractivity contribution in [2.75, 3.05) is 18.1 Å². The fraction of sp³-hybridized carbons (Fsp3) is 0.150. The molecule has 1 aromatic heterocycles. The molecule has 158 valence electrons. The minimum absolute atomic E-state index is 0.0134. The van der Waals surface area contributed by atoms with Crippen LogP contribution < -0.4 is 16.5 Å². The number of hydrazone groups is 1. The van der Waals surface area contributed by atoms with Gasteiger partial charge in [-0.25, -0.2) is 12.7 Å². The fourth-order valence-corrected chi connectivity index (χ4v) is 4.30. The number of aromatic nitrogens is 1. The third-order valence-electron chi connectivity index (χ3n) is 5.14. The number of benzene rings is 2. The largest absolute Gasteiger partial charge is 0.484 e. The van der Waals surface area contributed by atoms with Gasteiger partial charge in [0.15, 0.2) is 0 Å². The van der Waals surface area contributed by atoms with Crippen LogP contribution in [0.15, 0.2) is 60.0 Å². The summed E-state index contributed by atoms with van der Waals surface area (Å²) in [4.78, 5) is 17.1. The first-order chi connectivity index (χ1) is 14.8. The Kier molecular flexibility index (Phi) is 5.48. The molecule has 0 fully saturated rings. The second-order valence-corrected chi connectivity index (χ2v) is 9.06. The number of amides is 1. The van der Waals surface area contributed by atoms with E-state index in [1.165, 1.54) is 6.21 Å². The minimum Gasteiger partial charge on any atom is -0.427 e. The topological polar surface area (TPSA) is 138 Å². The molecule has 9 nitrogen and oxygen atoms in total. The quantitative estimate of drug-likeness (QED) is 0.488. The van der Waals surface area contributed by atoms with Crippen LogP contribution in [0, 0.1) is 0 Å². The number of sulfonamides is 1. The maximum Gasteiger partial charge on any atom is 0.484 e. The molecule has 11 heteroatoms. The molecule has 3 aromatic rings. The number of fused-ring (bicyclic) bond motifs is 2. The molecule has 0 bridgehead atoms. The molecule has 1 amide bonds. The van der Waals surface area contributed by atoms with Crippen molar-refractivity contribution >= 4 is 51.1 Å². The molecule has 2 heterocycles. The normalized spacial score (nSPS) is 14.4. The van der Waals surface area contributed by atoms with E-state index in [1.807, 2.05) is 18.2 Å². The van der Waals surface area contributed by atoms with Gasteiger partial charge in [-0.2, -0.15) is 5.10 Å². The number of nitrogens with zero attached hydrogens (tertiary/aromatic N) is 3. The van der Waals surface area contributed by atoms with Gasteiger partial charge >= 0.3 is 7.05 Å². The van der Waals surface area contributed by atoms with E-state index in [-0.39, 0.29) is 12.5 Å². The van der Waals surface area contributed by atoms with E-state index in [0.717, 1.165) is 17.0 Å². The second kappa shape index (κ2) is 8.10. The van der Waals surface area contributed by atoms with Crippen molar-refractivity contribution in [1.29, 1.82) is 0 Å². The van der Waals surface area contributed by atoms with Gasteiger partial charge in [-0.1, -0.05) is 24.3 Å². The van der Waals surface area contributed by atoms with Gasteiger partial charge in [-0.05, 0) is 40.2 Å². The summed E-state index contributed by atoms with van der Waals surface area (Å²) in [7, 11) is -5.24. The Bertz CT molecular complexity index is 1300. The minimum atomic E-state index is -3.75. The lowest BCUT2D eigenvalue weighted by molar-refractivity contribution is -0.117. The standard InChI is InChI=1S/C20H20BN5O4S/c1-31(29,30)26-21(28)19-4-2-3-16(18(19)12-24-26)17(10-22)20(27)25-15-6-5-14-11-23-8-7-13(14)9-15/h2-9,11-12,17,28H,10,22H2,1H3,(H,25,27). The van der Waals surface area contributed by atoms with Crippen LogP contribution in [0.4, 0.5) is 5.69 Å². The fourth-order valence-electron chi connectivity index (χ4n) is 3.61. The highest BCUT2D eigenvalue weighted by atomic mass is 32.2. The lowest BCUT2D eigenvalue weighted by Crippen LogP contribution is -2.52.